The van der Waals surface area contributed by atoms with Crippen LogP contribution in [0, 0.1) is 0 Å². The molecule has 0 fully saturated rings. The first kappa shape index (κ1) is 13.7. The lowest BCUT2D eigenvalue weighted by molar-refractivity contribution is -0.109. The van der Waals surface area contributed by atoms with Gasteiger partial charge in [0, 0.05) is 0 Å². The lowest BCUT2D eigenvalue weighted by Crippen LogP contribution is -2.14. The Morgan fingerprint density at radius 2 is 1.83 bits per heavy atom. The second kappa shape index (κ2) is 6.39. The molecule has 0 N–H and O–H groups in total. The molecule has 0 atom stereocenters. The average molecular weight is 252 g/mol. The highest BCUT2D eigenvalue weighted by Gasteiger charge is 2.23. The largest absolute Gasteiger partial charge is 0.485 e. The highest BCUT2D eigenvalue weighted by atomic mass is 16.5. The smallest absolute Gasteiger partial charge is 0.342 e. The average Bonchev–Trinajstić information content (AvgIpc) is 2.42. The van der Waals surface area contributed by atoms with E-state index < -0.39 is 11.9 Å². The molecule has 1 aromatic carbocycles. The van der Waals surface area contributed by atoms with E-state index in [1.165, 1.54) is 32.4 Å². The molecular formula is C12H12O6. The molecule has 6 nitrogen and oxygen atoms in total. The molecule has 6 heteroatoms. The Bertz CT molecular complexity index is 466. The Morgan fingerprint density at radius 1 is 1.17 bits per heavy atom. The summed E-state index contributed by atoms with van der Waals surface area (Å²) in [5, 5.41) is 0. The molecule has 0 aliphatic carbocycles. The predicted octanol–water partition coefficient (Wildman–Crippen LogP) is 0.837. The molecule has 18 heavy (non-hydrogen) atoms. The van der Waals surface area contributed by atoms with Crippen LogP contribution in [0.2, 0.25) is 0 Å². The van der Waals surface area contributed by atoms with Crippen molar-refractivity contribution in [1.29, 1.82) is 0 Å². The summed E-state index contributed by atoms with van der Waals surface area (Å²) in [6, 6.07) is 4.38. The number of methoxy groups -OCH3 is 2. The second-order valence-corrected chi connectivity index (χ2v) is 3.14. The maximum Gasteiger partial charge on any atom is 0.342 e. The van der Waals surface area contributed by atoms with Crippen LogP contribution in [0.3, 0.4) is 0 Å². The fourth-order valence-corrected chi connectivity index (χ4v) is 1.37. The highest BCUT2D eigenvalue weighted by molar-refractivity contribution is 6.05. The van der Waals surface area contributed by atoms with Crippen LogP contribution in [0.5, 0.6) is 5.75 Å². The minimum Gasteiger partial charge on any atom is -0.485 e. The number of esters is 2. The number of rotatable bonds is 5. The van der Waals surface area contributed by atoms with Gasteiger partial charge in [0.05, 0.1) is 19.8 Å². The molecular weight excluding hydrogens is 240 g/mol. The Kier molecular flexibility index (Phi) is 4.86. The van der Waals surface area contributed by atoms with Gasteiger partial charge in [0.1, 0.15) is 17.9 Å². The van der Waals surface area contributed by atoms with Crippen molar-refractivity contribution < 1.29 is 28.6 Å². The van der Waals surface area contributed by atoms with E-state index in [1.54, 1.807) is 0 Å². The van der Waals surface area contributed by atoms with E-state index in [9.17, 15) is 14.4 Å². The van der Waals surface area contributed by atoms with Crippen molar-refractivity contribution in [2.24, 2.45) is 0 Å². The third-order valence-electron chi connectivity index (χ3n) is 2.13. The van der Waals surface area contributed by atoms with Gasteiger partial charge in [0.15, 0.2) is 6.29 Å². The SMILES string of the molecule is COC(=O)c1cccc(OCC=O)c1C(=O)OC. The fraction of sp³-hybridized carbons (Fsp3) is 0.250. The van der Waals surface area contributed by atoms with Crippen molar-refractivity contribution in [3.05, 3.63) is 29.3 Å². The van der Waals surface area contributed by atoms with E-state index in [2.05, 4.69) is 9.47 Å². The van der Waals surface area contributed by atoms with Crippen molar-refractivity contribution in [1.82, 2.24) is 0 Å². The zero-order chi connectivity index (χ0) is 13.5. The third kappa shape index (κ3) is 2.85. The first-order valence-electron chi connectivity index (χ1n) is 5.01. The molecule has 0 saturated heterocycles. The molecule has 0 unspecified atom stereocenters. The Hall–Kier alpha value is -2.37. The van der Waals surface area contributed by atoms with Crippen molar-refractivity contribution in [2.45, 2.75) is 0 Å². The third-order valence-corrected chi connectivity index (χ3v) is 2.13. The molecule has 0 radical (unpaired) electrons. The standard InChI is InChI=1S/C12H12O6/c1-16-11(14)8-4-3-5-9(18-7-6-13)10(8)12(15)17-2/h3-6H,7H2,1-2H3. The summed E-state index contributed by atoms with van der Waals surface area (Å²) < 4.78 is 14.2. The molecule has 1 rings (SSSR count). The Labute approximate surface area is 103 Å². The number of benzene rings is 1. The van der Waals surface area contributed by atoms with Gasteiger partial charge in [-0.25, -0.2) is 9.59 Å². The van der Waals surface area contributed by atoms with E-state index in [1.807, 2.05) is 0 Å². The quantitative estimate of drug-likeness (QED) is 0.570. The number of aldehydes is 1. The fourth-order valence-electron chi connectivity index (χ4n) is 1.37. The van der Waals surface area contributed by atoms with Crippen LogP contribution in [0.25, 0.3) is 0 Å². The van der Waals surface area contributed by atoms with Gasteiger partial charge in [-0.2, -0.15) is 0 Å². The van der Waals surface area contributed by atoms with Crippen LogP contribution in [-0.4, -0.2) is 39.1 Å². The topological polar surface area (TPSA) is 78.9 Å². The molecule has 0 heterocycles. The van der Waals surface area contributed by atoms with Crippen LogP contribution < -0.4 is 4.74 Å². The molecule has 0 aliphatic heterocycles. The molecule has 0 bridgehead atoms. The first-order chi connectivity index (χ1) is 8.65. The Morgan fingerprint density at radius 3 is 2.39 bits per heavy atom. The molecule has 0 aromatic heterocycles. The number of carbonyl (C=O) groups excluding carboxylic acids is 3. The van der Waals surface area contributed by atoms with E-state index in [-0.39, 0.29) is 23.5 Å². The van der Waals surface area contributed by atoms with E-state index in [0.29, 0.717) is 6.29 Å². The van der Waals surface area contributed by atoms with Gasteiger partial charge in [0.25, 0.3) is 0 Å². The predicted molar refractivity (Wildman–Crippen MR) is 60.7 cm³/mol. The van der Waals surface area contributed by atoms with Crippen LogP contribution in [0.15, 0.2) is 18.2 Å². The molecule has 96 valence electrons. The van der Waals surface area contributed by atoms with Gasteiger partial charge in [-0.3, -0.25) is 4.79 Å². The Balaban J connectivity index is 3.29. The number of hydrogen-bond acceptors (Lipinski definition) is 6. The summed E-state index contributed by atoms with van der Waals surface area (Å²) in [6.07, 6.45) is 0.534. The molecule has 0 spiro atoms. The summed E-state index contributed by atoms with van der Waals surface area (Å²) in [5.41, 5.74) is -0.0403. The summed E-state index contributed by atoms with van der Waals surface area (Å²) in [4.78, 5) is 33.4. The molecule has 0 amide bonds. The van der Waals surface area contributed by atoms with Crippen LogP contribution >= 0.6 is 0 Å². The van der Waals surface area contributed by atoms with Gasteiger partial charge in [-0.15, -0.1) is 0 Å². The first-order valence-corrected chi connectivity index (χ1v) is 5.01. The number of carbonyl (C=O) groups is 3. The lowest BCUT2D eigenvalue weighted by Gasteiger charge is -2.11. The van der Waals surface area contributed by atoms with Gasteiger partial charge in [-0.1, -0.05) is 6.07 Å². The van der Waals surface area contributed by atoms with E-state index in [0.717, 1.165) is 0 Å². The van der Waals surface area contributed by atoms with Gasteiger partial charge in [-0.05, 0) is 12.1 Å². The highest BCUT2D eigenvalue weighted by Crippen LogP contribution is 2.24. The minimum atomic E-state index is -0.739. The molecule has 1 aromatic rings. The summed E-state index contributed by atoms with van der Waals surface area (Å²) in [6.45, 7) is -0.228. The van der Waals surface area contributed by atoms with Gasteiger partial charge < -0.3 is 14.2 Å². The lowest BCUT2D eigenvalue weighted by atomic mass is 10.1. The van der Waals surface area contributed by atoms with Gasteiger partial charge in [0.2, 0.25) is 0 Å². The second-order valence-electron chi connectivity index (χ2n) is 3.14. The van der Waals surface area contributed by atoms with Gasteiger partial charge >= 0.3 is 11.9 Å². The maximum atomic E-state index is 11.6. The zero-order valence-electron chi connectivity index (χ0n) is 9.97. The van der Waals surface area contributed by atoms with Crippen LogP contribution in [-0.2, 0) is 14.3 Å². The maximum absolute atomic E-state index is 11.6. The van der Waals surface area contributed by atoms with E-state index in [4.69, 9.17) is 4.74 Å². The summed E-state index contributed by atoms with van der Waals surface area (Å²) >= 11 is 0. The summed E-state index contributed by atoms with van der Waals surface area (Å²) in [5.74, 6) is -1.33. The minimum absolute atomic E-state index is 0.0211. The molecule has 0 aliphatic rings. The van der Waals surface area contributed by atoms with Crippen molar-refractivity contribution in [3.63, 3.8) is 0 Å². The van der Waals surface area contributed by atoms with Crippen molar-refractivity contribution in [3.8, 4) is 5.75 Å². The van der Waals surface area contributed by atoms with Crippen molar-refractivity contribution in [2.75, 3.05) is 20.8 Å². The normalized spacial score (nSPS) is 9.44. The number of ether oxygens (including phenoxy) is 3. The molecule has 0 saturated carbocycles. The number of hydrogen-bond donors (Lipinski definition) is 0. The van der Waals surface area contributed by atoms with Crippen LogP contribution in [0.4, 0.5) is 0 Å². The van der Waals surface area contributed by atoms with Crippen LogP contribution in [0.1, 0.15) is 20.7 Å². The van der Waals surface area contributed by atoms with Crippen molar-refractivity contribution >= 4 is 18.2 Å². The monoisotopic (exact) mass is 252 g/mol. The summed E-state index contributed by atoms with van der Waals surface area (Å²) in [7, 11) is 2.38. The zero-order valence-corrected chi connectivity index (χ0v) is 9.97. The van der Waals surface area contributed by atoms with E-state index >= 15 is 0 Å².